The summed E-state index contributed by atoms with van der Waals surface area (Å²) in [5.41, 5.74) is 5.86. The minimum Gasteiger partial charge on any atom is -0.346 e. The minimum absolute atomic E-state index is 0.193. The van der Waals surface area contributed by atoms with Gasteiger partial charge in [0.2, 0.25) is 17.7 Å². The monoisotopic (exact) mass is 298 g/mol. The van der Waals surface area contributed by atoms with Gasteiger partial charge in [0.25, 0.3) is 0 Å². The highest BCUT2D eigenvalue weighted by atomic mass is 35.5. The first kappa shape index (κ1) is 15.9. The first-order chi connectivity index (χ1) is 9.42. The summed E-state index contributed by atoms with van der Waals surface area (Å²) >= 11 is 5.84. The van der Waals surface area contributed by atoms with Crippen molar-refractivity contribution in [3.8, 4) is 0 Å². The zero-order valence-electron chi connectivity index (χ0n) is 10.8. The molecule has 1 aromatic carbocycles. The van der Waals surface area contributed by atoms with Gasteiger partial charge in [0.1, 0.15) is 0 Å². The molecule has 1 rings (SSSR count). The van der Waals surface area contributed by atoms with Gasteiger partial charge in [-0.2, -0.15) is 0 Å². The molecule has 8 heteroatoms. The second-order valence-corrected chi connectivity index (χ2v) is 4.34. The van der Waals surface area contributed by atoms with Crippen molar-refractivity contribution in [1.82, 2.24) is 5.32 Å². The van der Waals surface area contributed by atoms with E-state index in [4.69, 9.17) is 17.3 Å². The number of hydrogen-bond acceptors (Lipinski definition) is 4. The maximum Gasteiger partial charge on any atom is 0.243 e. The SMILES string of the molecule is CC(=O)Nc1ccc(Cl)cc1NC(=O)CNC(=O)CN. The van der Waals surface area contributed by atoms with Gasteiger partial charge in [0, 0.05) is 11.9 Å². The van der Waals surface area contributed by atoms with E-state index in [0.717, 1.165) is 0 Å². The smallest absolute Gasteiger partial charge is 0.243 e. The van der Waals surface area contributed by atoms with E-state index >= 15 is 0 Å². The van der Waals surface area contributed by atoms with Gasteiger partial charge in [-0.05, 0) is 18.2 Å². The summed E-state index contributed by atoms with van der Waals surface area (Å²) in [5.74, 6) is -1.17. The molecule has 0 aromatic heterocycles. The van der Waals surface area contributed by atoms with Crippen LogP contribution in [0.5, 0.6) is 0 Å². The molecule has 0 saturated heterocycles. The van der Waals surface area contributed by atoms with Gasteiger partial charge >= 0.3 is 0 Å². The molecule has 0 heterocycles. The maximum atomic E-state index is 11.7. The number of hydrogen-bond donors (Lipinski definition) is 4. The molecule has 20 heavy (non-hydrogen) atoms. The lowest BCUT2D eigenvalue weighted by molar-refractivity contribution is -0.123. The zero-order chi connectivity index (χ0) is 15.1. The predicted molar refractivity (Wildman–Crippen MR) is 76.4 cm³/mol. The first-order valence-corrected chi connectivity index (χ1v) is 6.14. The normalized spacial score (nSPS) is 9.75. The molecule has 0 fully saturated rings. The van der Waals surface area contributed by atoms with E-state index in [1.54, 1.807) is 12.1 Å². The summed E-state index contributed by atoms with van der Waals surface area (Å²) in [5, 5.41) is 7.84. The molecule has 0 aliphatic rings. The van der Waals surface area contributed by atoms with E-state index in [2.05, 4.69) is 16.0 Å². The summed E-state index contributed by atoms with van der Waals surface area (Å²) in [6.45, 7) is 0.936. The van der Waals surface area contributed by atoms with Gasteiger partial charge in [-0.15, -0.1) is 0 Å². The van der Waals surface area contributed by atoms with Gasteiger partial charge in [-0.1, -0.05) is 11.6 Å². The molecular formula is C12H15ClN4O3. The van der Waals surface area contributed by atoms with Crippen molar-refractivity contribution in [2.45, 2.75) is 6.92 Å². The van der Waals surface area contributed by atoms with Crippen LogP contribution in [0.25, 0.3) is 0 Å². The van der Waals surface area contributed by atoms with Crippen LogP contribution in [0.3, 0.4) is 0 Å². The van der Waals surface area contributed by atoms with E-state index in [1.807, 2.05) is 0 Å². The standard InChI is InChI=1S/C12H15ClN4O3/c1-7(18)16-9-3-2-8(13)4-10(9)17-12(20)6-15-11(19)5-14/h2-4H,5-6,14H2,1H3,(H,15,19)(H,16,18)(H,17,20). The van der Waals surface area contributed by atoms with Crippen LogP contribution in [-0.2, 0) is 14.4 Å². The lowest BCUT2D eigenvalue weighted by atomic mass is 10.2. The number of rotatable bonds is 5. The first-order valence-electron chi connectivity index (χ1n) is 5.76. The fourth-order valence-corrected chi connectivity index (χ4v) is 1.54. The number of nitrogens with one attached hydrogen (secondary N) is 3. The van der Waals surface area contributed by atoms with Crippen LogP contribution in [0.1, 0.15) is 6.92 Å². The Hall–Kier alpha value is -2.12. The lowest BCUT2D eigenvalue weighted by Crippen LogP contribution is -2.36. The Bertz CT molecular complexity index is 533. The molecule has 0 atom stereocenters. The largest absolute Gasteiger partial charge is 0.346 e. The Balaban J connectivity index is 2.74. The third kappa shape index (κ3) is 5.25. The summed E-state index contributed by atoms with van der Waals surface area (Å²) in [6, 6.07) is 4.64. The number of carbonyl (C=O) groups excluding carboxylic acids is 3. The molecule has 5 N–H and O–H groups in total. The van der Waals surface area contributed by atoms with Crippen molar-refractivity contribution in [1.29, 1.82) is 0 Å². The van der Waals surface area contributed by atoms with E-state index in [9.17, 15) is 14.4 Å². The molecule has 7 nitrogen and oxygen atoms in total. The Morgan fingerprint density at radius 3 is 2.45 bits per heavy atom. The van der Waals surface area contributed by atoms with Gasteiger partial charge in [-0.25, -0.2) is 0 Å². The third-order valence-corrected chi connectivity index (χ3v) is 2.43. The van der Waals surface area contributed by atoms with E-state index < -0.39 is 11.8 Å². The van der Waals surface area contributed by atoms with Crippen LogP contribution in [-0.4, -0.2) is 30.8 Å². The van der Waals surface area contributed by atoms with Crippen LogP contribution in [0.4, 0.5) is 11.4 Å². The number of carbonyl (C=O) groups is 3. The van der Waals surface area contributed by atoms with Crippen molar-refractivity contribution in [3.63, 3.8) is 0 Å². The molecule has 0 aliphatic heterocycles. The van der Waals surface area contributed by atoms with E-state index in [0.29, 0.717) is 16.4 Å². The lowest BCUT2D eigenvalue weighted by Gasteiger charge is -2.12. The summed E-state index contributed by atoms with van der Waals surface area (Å²) in [6.07, 6.45) is 0. The Morgan fingerprint density at radius 1 is 1.15 bits per heavy atom. The second-order valence-electron chi connectivity index (χ2n) is 3.90. The van der Waals surface area contributed by atoms with Crippen molar-refractivity contribution in [3.05, 3.63) is 23.2 Å². The highest BCUT2D eigenvalue weighted by Gasteiger charge is 2.09. The molecule has 0 radical (unpaired) electrons. The molecule has 3 amide bonds. The molecule has 0 bridgehead atoms. The summed E-state index contributed by atoms with van der Waals surface area (Å²) in [7, 11) is 0. The van der Waals surface area contributed by atoms with Gasteiger partial charge in [0.05, 0.1) is 24.5 Å². The topological polar surface area (TPSA) is 113 Å². The molecule has 0 spiro atoms. The highest BCUT2D eigenvalue weighted by Crippen LogP contribution is 2.25. The van der Waals surface area contributed by atoms with Crippen molar-refractivity contribution in [2.24, 2.45) is 5.73 Å². The van der Waals surface area contributed by atoms with E-state index in [-0.39, 0.29) is 19.0 Å². The van der Waals surface area contributed by atoms with Gasteiger partial charge in [-0.3, -0.25) is 14.4 Å². The van der Waals surface area contributed by atoms with Crippen LogP contribution < -0.4 is 21.7 Å². The number of halogens is 1. The average Bonchev–Trinajstić information content (AvgIpc) is 2.38. The van der Waals surface area contributed by atoms with Gasteiger partial charge in [0.15, 0.2) is 0 Å². The average molecular weight is 299 g/mol. The summed E-state index contributed by atoms with van der Waals surface area (Å²) in [4.78, 5) is 33.7. The third-order valence-electron chi connectivity index (χ3n) is 2.20. The molecule has 0 saturated carbocycles. The van der Waals surface area contributed by atoms with Crippen LogP contribution >= 0.6 is 11.6 Å². The number of amides is 3. The molecule has 108 valence electrons. The van der Waals surface area contributed by atoms with Crippen molar-refractivity contribution < 1.29 is 14.4 Å². The number of benzene rings is 1. The minimum atomic E-state index is -0.458. The summed E-state index contributed by atoms with van der Waals surface area (Å²) < 4.78 is 0. The van der Waals surface area contributed by atoms with Crippen LogP contribution in [0, 0.1) is 0 Å². The zero-order valence-corrected chi connectivity index (χ0v) is 11.6. The van der Waals surface area contributed by atoms with Crippen LogP contribution in [0.15, 0.2) is 18.2 Å². The Morgan fingerprint density at radius 2 is 1.85 bits per heavy atom. The number of nitrogens with two attached hydrogens (primary N) is 1. The highest BCUT2D eigenvalue weighted by molar-refractivity contribution is 6.31. The predicted octanol–water partition coefficient (Wildman–Crippen LogP) is 0.312. The van der Waals surface area contributed by atoms with Crippen molar-refractivity contribution in [2.75, 3.05) is 23.7 Å². The Kier molecular flexibility index (Phi) is 5.95. The fourth-order valence-electron chi connectivity index (χ4n) is 1.36. The fraction of sp³-hybridized carbons (Fsp3) is 0.250. The molecule has 1 aromatic rings. The van der Waals surface area contributed by atoms with Gasteiger partial charge < -0.3 is 21.7 Å². The van der Waals surface area contributed by atoms with Crippen LogP contribution in [0.2, 0.25) is 5.02 Å². The second kappa shape index (κ2) is 7.46. The van der Waals surface area contributed by atoms with E-state index in [1.165, 1.54) is 13.0 Å². The molecular weight excluding hydrogens is 284 g/mol. The number of anilines is 2. The molecule has 0 aliphatic carbocycles. The molecule has 0 unspecified atom stereocenters. The quantitative estimate of drug-likeness (QED) is 0.626. The Labute approximate surface area is 120 Å². The van der Waals surface area contributed by atoms with Crippen molar-refractivity contribution >= 4 is 40.7 Å². The maximum absolute atomic E-state index is 11.7.